The fraction of sp³-hybridized carbons (Fsp3) is 1.00. The lowest BCUT2D eigenvalue weighted by atomic mass is 10.0. The van der Waals surface area contributed by atoms with Crippen molar-refractivity contribution in [2.75, 3.05) is 26.2 Å². The molecule has 3 heteroatoms. The van der Waals surface area contributed by atoms with Crippen LogP contribution in [0.5, 0.6) is 0 Å². The van der Waals surface area contributed by atoms with Gasteiger partial charge in [0.25, 0.3) is 0 Å². The molecule has 2 nitrogen and oxygen atoms in total. The second-order valence-electron chi connectivity index (χ2n) is 5.93. The standard InChI is InChI=1S/C15H32NO.ClH/c1-3-5-6-7-8-9-10-12-16(11-4-2)13-15(17)14-16;/h15,17H,3-14H2,1-2H3;1H/q+1;/p-1. The van der Waals surface area contributed by atoms with Crippen LogP contribution in [0.15, 0.2) is 0 Å². The summed E-state index contributed by atoms with van der Waals surface area (Å²) in [5.41, 5.74) is 0. The molecule has 0 saturated carbocycles. The van der Waals surface area contributed by atoms with Crippen molar-refractivity contribution in [3.63, 3.8) is 0 Å². The Morgan fingerprint density at radius 2 is 1.39 bits per heavy atom. The lowest BCUT2D eigenvalue weighted by Crippen LogP contribution is -3.00. The topological polar surface area (TPSA) is 20.2 Å². The molecule has 1 fully saturated rings. The van der Waals surface area contributed by atoms with Crippen LogP contribution in [0.1, 0.15) is 65.2 Å². The van der Waals surface area contributed by atoms with Gasteiger partial charge < -0.3 is 22.0 Å². The molecule has 0 bridgehead atoms. The van der Waals surface area contributed by atoms with Crippen LogP contribution in [-0.4, -0.2) is 41.9 Å². The molecule has 1 heterocycles. The summed E-state index contributed by atoms with van der Waals surface area (Å²) in [5, 5.41) is 9.49. The van der Waals surface area contributed by atoms with E-state index in [9.17, 15) is 5.11 Å². The second kappa shape index (κ2) is 10.1. The summed E-state index contributed by atoms with van der Waals surface area (Å²) in [6.07, 6.45) is 11.0. The first-order valence-electron chi connectivity index (χ1n) is 7.75. The Bertz CT molecular complexity index is 187. The number of quaternary nitrogens is 1. The summed E-state index contributed by atoms with van der Waals surface area (Å²) >= 11 is 0. The maximum absolute atomic E-state index is 9.49. The van der Waals surface area contributed by atoms with Gasteiger partial charge in [-0.25, -0.2) is 0 Å². The van der Waals surface area contributed by atoms with Crippen molar-refractivity contribution >= 4 is 0 Å². The number of unbranched alkanes of at least 4 members (excludes halogenated alkanes) is 6. The number of hydrogen-bond donors (Lipinski definition) is 1. The molecule has 1 aliphatic heterocycles. The quantitative estimate of drug-likeness (QED) is 0.451. The van der Waals surface area contributed by atoms with Gasteiger partial charge in [0.15, 0.2) is 6.10 Å². The maximum atomic E-state index is 9.49. The van der Waals surface area contributed by atoms with Gasteiger partial charge >= 0.3 is 0 Å². The Morgan fingerprint density at radius 1 is 0.833 bits per heavy atom. The van der Waals surface area contributed by atoms with Crippen molar-refractivity contribution in [2.45, 2.75) is 71.3 Å². The van der Waals surface area contributed by atoms with Gasteiger partial charge in [0.1, 0.15) is 13.1 Å². The first-order chi connectivity index (χ1) is 8.22. The fourth-order valence-electron chi connectivity index (χ4n) is 3.20. The molecule has 1 rings (SSSR count). The molecule has 1 saturated heterocycles. The van der Waals surface area contributed by atoms with Crippen molar-refractivity contribution in [1.29, 1.82) is 0 Å². The maximum Gasteiger partial charge on any atom is 0.152 e. The zero-order valence-corrected chi connectivity index (χ0v) is 13.1. The first kappa shape index (κ1) is 18.2. The zero-order chi connectivity index (χ0) is 12.6. The lowest BCUT2D eigenvalue weighted by Gasteiger charge is -2.48. The van der Waals surface area contributed by atoms with Crippen molar-refractivity contribution in [2.24, 2.45) is 0 Å². The predicted octanol–water partition coefficient (Wildman–Crippen LogP) is 0.342. The molecule has 0 aromatic rings. The molecule has 0 aliphatic carbocycles. The Balaban J connectivity index is 0.00000289. The SMILES string of the molecule is CCCCCCCCC[N+]1(CCC)CC(O)C1.[Cl-]. The predicted molar refractivity (Wildman–Crippen MR) is 74.0 cm³/mol. The minimum absolute atomic E-state index is 0. The third-order valence-corrected chi connectivity index (χ3v) is 4.13. The largest absolute Gasteiger partial charge is 1.00 e. The highest BCUT2D eigenvalue weighted by Gasteiger charge is 2.41. The van der Waals surface area contributed by atoms with Crippen LogP contribution in [-0.2, 0) is 0 Å². The summed E-state index contributed by atoms with van der Waals surface area (Å²) in [6.45, 7) is 9.14. The van der Waals surface area contributed by atoms with Crippen LogP contribution in [0, 0.1) is 0 Å². The number of halogens is 1. The van der Waals surface area contributed by atoms with E-state index in [2.05, 4.69) is 13.8 Å². The van der Waals surface area contributed by atoms with Crippen LogP contribution < -0.4 is 12.4 Å². The molecular formula is C15H32ClNO. The third kappa shape index (κ3) is 6.40. The summed E-state index contributed by atoms with van der Waals surface area (Å²) in [6, 6.07) is 0. The Kier molecular flexibility index (Phi) is 10.2. The van der Waals surface area contributed by atoms with Crippen LogP contribution in [0.2, 0.25) is 0 Å². The van der Waals surface area contributed by atoms with Gasteiger partial charge in [-0.05, 0) is 19.3 Å². The molecule has 0 amide bonds. The van der Waals surface area contributed by atoms with Gasteiger partial charge in [-0.3, -0.25) is 0 Å². The third-order valence-electron chi connectivity index (χ3n) is 4.13. The van der Waals surface area contributed by atoms with Gasteiger partial charge in [0.2, 0.25) is 0 Å². The van der Waals surface area contributed by atoms with Crippen molar-refractivity contribution in [3.8, 4) is 0 Å². The van der Waals surface area contributed by atoms with Crippen LogP contribution in [0.4, 0.5) is 0 Å². The number of aliphatic hydroxyl groups excluding tert-OH is 1. The molecule has 0 aromatic heterocycles. The molecule has 0 unspecified atom stereocenters. The van der Waals surface area contributed by atoms with Gasteiger partial charge in [-0.15, -0.1) is 0 Å². The van der Waals surface area contributed by atoms with Crippen molar-refractivity contribution < 1.29 is 22.0 Å². The molecule has 0 aromatic carbocycles. The molecule has 1 N–H and O–H groups in total. The number of likely N-dealkylation sites (tertiary alicyclic amines) is 1. The number of rotatable bonds is 10. The van der Waals surface area contributed by atoms with Gasteiger partial charge in [-0.2, -0.15) is 0 Å². The van der Waals surface area contributed by atoms with E-state index in [1.165, 1.54) is 68.9 Å². The minimum atomic E-state index is -0.00824. The number of aliphatic hydroxyl groups is 1. The van der Waals surface area contributed by atoms with Gasteiger partial charge in [0, 0.05) is 0 Å². The Labute approximate surface area is 120 Å². The number of hydrogen-bond acceptors (Lipinski definition) is 1. The van der Waals surface area contributed by atoms with Crippen LogP contribution in [0.3, 0.4) is 0 Å². The highest BCUT2D eigenvalue weighted by atomic mass is 35.5. The molecule has 0 atom stereocenters. The van der Waals surface area contributed by atoms with E-state index in [-0.39, 0.29) is 18.5 Å². The van der Waals surface area contributed by atoms with E-state index in [1.807, 2.05) is 0 Å². The molecule has 0 radical (unpaired) electrons. The van der Waals surface area contributed by atoms with Gasteiger partial charge in [-0.1, -0.05) is 46.0 Å². The van der Waals surface area contributed by atoms with Crippen molar-refractivity contribution in [1.82, 2.24) is 0 Å². The second-order valence-corrected chi connectivity index (χ2v) is 5.93. The van der Waals surface area contributed by atoms with Gasteiger partial charge in [0.05, 0.1) is 13.1 Å². The highest BCUT2D eigenvalue weighted by molar-refractivity contribution is 4.67. The highest BCUT2D eigenvalue weighted by Crippen LogP contribution is 2.23. The van der Waals surface area contributed by atoms with Crippen LogP contribution >= 0.6 is 0 Å². The summed E-state index contributed by atoms with van der Waals surface area (Å²) < 4.78 is 1.20. The summed E-state index contributed by atoms with van der Waals surface area (Å²) in [7, 11) is 0. The van der Waals surface area contributed by atoms with E-state index < -0.39 is 0 Å². The van der Waals surface area contributed by atoms with Crippen LogP contribution in [0.25, 0.3) is 0 Å². The molecule has 18 heavy (non-hydrogen) atoms. The lowest BCUT2D eigenvalue weighted by molar-refractivity contribution is -0.972. The first-order valence-corrected chi connectivity index (χ1v) is 7.75. The zero-order valence-electron chi connectivity index (χ0n) is 12.3. The van der Waals surface area contributed by atoms with E-state index >= 15 is 0 Å². The van der Waals surface area contributed by atoms with Crippen molar-refractivity contribution in [3.05, 3.63) is 0 Å². The molecular weight excluding hydrogens is 246 g/mol. The fourth-order valence-corrected chi connectivity index (χ4v) is 3.20. The monoisotopic (exact) mass is 277 g/mol. The average molecular weight is 278 g/mol. The summed E-state index contributed by atoms with van der Waals surface area (Å²) in [5.74, 6) is 0. The molecule has 0 spiro atoms. The Hall–Kier alpha value is 0.210. The van der Waals surface area contributed by atoms with E-state index in [0.717, 1.165) is 13.1 Å². The van der Waals surface area contributed by atoms with E-state index in [4.69, 9.17) is 0 Å². The smallest absolute Gasteiger partial charge is 0.152 e. The minimum Gasteiger partial charge on any atom is -1.00 e. The average Bonchev–Trinajstić information content (AvgIpc) is 2.26. The van der Waals surface area contributed by atoms with E-state index in [0.29, 0.717) is 0 Å². The number of nitrogens with zero attached hydrogens (tertiary/aromatic N) is 1. The molecule has 1 aliphatic rings. The Morgan fingerprint density at radius 3 is 1.89 bits per heavy atom. The summed E-state index contributed by atoms with van der Waals surface area (Å²) in [4.78, 5) is 0. The van der Waals surface area contributed by atoms with E-state index in [1.54, 1.807) is 0 Å². The molecule has 110 valence electrons. The normalized spacial score (nSPS) is 26.5.